The Labute approximate surface area is 153 Å². The number of halogens is 4. The zero-order valence-electron chi connectivity index (χ0n) is 15.1. The first-order valence-corrected chi connectivity index (χ1v) is 8.79. The SMILES string of the molecule is Cc1cc(F)c(-c2nn(C)c(C(F)(F)F)cc2=O)cc1OC1CCCCC1. The van der Waals surface area contributed by atoms with E-state index in [0.29, 0.717) is 22.1 Å². The summed E-state index contributed by atoms with van der Waals surface area (Å²) in [4.78, 5) is 12.2. The maximum Gasteiger partial charge on any atom is 0.433 e. The Morgan fingerprint density at radius 1 is 1.15 bits per heavy atom. The van der Waals surface area contributed by atoms with E-state index in [1.54, 1.807) is 6.92 Å². The lowest BCUT2D eigenvalue weighted by atomic mass is 9.97. The van der Waals surface area contributed by atoms with Gasteiger partial charge < -0.3 is 4.74 Å². The van der Waals surface area contributed by atoms with Crippen molar-refractivity contribution in [1.29, 1.82) is 0 Å². The van der Waals surface area contributed by atoms with Crippen LogP contribution in [0.15, 0.2) is 23.0 Å². The molecule has 0 amide bonds. The van der Waals surface area contributed by atoms with Gasteiger partial charge >= 0.3 is 6.18 Å². The molecule has 1 aliphatic carbocycles. The van der Waals surface area contributed by atoms with E-state index >= 15 is 0 Å². The third kappa shape index (κ3) is 4.14. The summed E-state index contributed by atoms with van der Waals surface area (Å²) in [6.45, 7) is 1.68. The predicted octanol–water partition coefficient (Wildman–Crippen LogP) is 4.63. The molecule has 1 saturated carbocycles. The fourth-order valence-corrected chi connectivity index (χ4v) is 3.31. The number of ether oxygens (including phenoxy) is 1. The zero-order chi connectivity index (χ0) is 19.8. The fraction of sp³-hybridized carbons (Fsp3) is 0.474. The van der Waals surface area contributed by atoms with Crippen molar-refractivity contribution >= 4 is 0 Å². The van der Waals surface area contributed by atoms with Gasteiger partial charge in [0.2, 0.25) is 5.43 Å². The van der Waals surface area contributed by atoms with Crippen LogP contribution in [-0.4, -0.2) is 15.9 Å². The number of alkyl halides is 3. The quantitative estimate of drug-likeness (QED) is 0.725. The maximum absolute atomic E-state index is 14.5. The molecule has 0 aliphatic heterocycles. The van der Waals surface area contributed by atoms with Gasteiger partial charge in [0.05, 0.1) is 6.10 Å². The Balaban J connectivity index is 2.02. The van der Waals surface area contributed by atoms with Gasteiger partial charge in [-0.3, -0.25) is 9.48 Å². The standard InChI is InChI=1S/C19H20F4N2O2/c1-11-8-14(20)13(9-16(11)27-12-6-4-3-5-7-12)18-15(26)10-17(19(21,22)23)25(2)24-18/h8-10,12H,3-7H2,1-2H3. The molecule has 0 bridgehead atoms. The zero-order valence-corrected chi connectivity index (χ0v) is 15.1. The van der Waals surface area contributed by atoms with Crippen LogP contribution in [0.5, 0.6) is 5.75 Å². The molecule has 146 valence electrons. The minimum Gasteiger partial charge on any atom is -0.490 e. The normalized spacial score (nSPS) is 15.8. The number of nitrogens with zero attached hydrogens (tertiary/aromatic N) is 2. The maximum atomic E-state index is 14.5. The van der Waals surface area contributed by atoms with Crippen LogP contribution in [0.3, 0.4) is 0 Å². The molecule has 0 unspecified atom stereocenters. The molecule has 27 heavy (non-hydrogen) atoms. The van der Waals surface area contributed by atoms with Crippen LogP contribution in [0.25, 0.3) is 11.3 Å². The number of aromatic nitrogens is 2. The lowest BCUT2D eigenvalue weighted by molar-refractivity contribution is -0.144. The topological polar surface area (TPSA) is 44.1 Å². The first-order chi connectivity index (χ1) is 12.7. The molecule has 3 rings (SSSR count). The molecular weight excluding hydrogens is 364 g/mol. The molecule has 1 fully saturated rings. The molecule has 1 aromatic heterocycles. The highest BCUT2D eigenvalue weighted by atomic mass is 19.4. The summed E-state index contributed by atoms with van der Waals surface area (Å²) in [6, 6.07) is 3.01. The summed E-state index contributed by atoms with van der Waals surface area (Å²) in [6.07, 6.45) is 0.342. The van der Waals surface area contributed by atoms with Crippen LogP contribution in [0.1, 0.15) is 43.4 Å². The fourth-order valence-electron chi connectivity index (χ4n) is 3.31. The van der Waals surface area contributed by atoms with Gasteiger partial charge in [0, 0.05) is 18.7 Å². The molecule has 1 aromatic carbocycles. The number of aryl methyl sites for hydroxylation is 2. The lowest BCUT2D eigenvalue weighted by Crippen LogP contribution is -2.23. The molecule has 0 radical (unpaired) electrons. The molecule has 1 aliphatic rings. The van der Waals surface area contributed by atoms with Crippen molar-refractivity contribution in [2.24, 2.45) is 7.05 Å². The summed E-state index contributed by atoms with van der Waals surface area (Å²) in [5.74, 6) is -0.310. The average molecular weight is 384 g/mol. The smallest absolute Gasteiger partial charge is 0.433 e. The minimum absolute atomic E-state index is 0.0131. The Morgan fingerprint density at radius 3 is 2.44 bits per heavy atom. The van der Waals surface area contributed by atoms with Crippen molar-refractivity contribution in [3.05, 3.63) is 45.5 Å². The van der Waals surface area contributed by atoms with E-state index in [0.717, 1.165) is 39.2 Å². The third-order valence-corrected chi connectivity index (χ3v) is 4.76. The first-order valence-electron chi connectivity index (χ1n) is 8.79. The van der Waals surface area contributed by atoms with E-state index in [1.165, 1.54) is 12.1 Å². The van der Waals surface area contributed by atoms with Crippen molar-refractivity contribution in [3.63, 3.8) is 0 Å². The van der Waals surface area contributed by atoms with Crippen LogP contribution in [0.4, 0.5) is 17.6 Å². The summed E-state index contributed by atoms with van der Waals surface area (Å²) in [7, 11) is 1.07. The summed E-state index contributed by atoms with van der Waals surface area (Å²) >= 11 is 0. The van der Waals surface area contributed by atoms with Crippen LogP contribution in [-0.2, 0) is 13.2 Å². The third-order valence-electron chi connectivity index (χ3n) is 4.76. The van der Waals surface area contributed by atoms with E-state index < -0.39 is 23.1 Å². The molecule has 8 heteroatoms. The Hall–Kier alpha value is -2.38. The van der Waals surface area contributed by atoms with Crippen LogP contribution in [0.2, 0.25) is 0 Å². The Bertz CT molecular complexity index is 900. The second-order valence-corrected chi connectivity index (χ2v) is 6.84. The molecule has 2 aromatic rings. The number of hydrogen-bond donors (Lipinski definition) is 0. The van der Waals surface area contributed by atoms with Crippen molar-refractivity contribution in [2.75, 3.05) is 0 Å². The molecule has 0 saturated heterocycles. The van der Waals surface area contributed by atoms with Crippen molar-refractivity contribution in [3.8, 4) is 17.0 Å². The largest absolute Gasteiger partial charge is 0.490 e. The number of hydrogen-bond acceptors (Lipinski definition) is 3. The first kappa shape index (κ1) is 19.4. The van der Waals surface area contributed by atoms with Gasteiger partial charge in [-0.15, -0.1) is 0 Å². The molecule has 1 heterocycles. The average Bonchev–Trinajstić information content (AvgIpc) is 2.59. The van der Waals surface area contributed by atoms with E-state index in [1.807, 2.05) is 0 Å². The van der Waals surface area contributed by atoms with Gasteiger partial charge in [-0.1, -0.05) is 6.42 Å². The van der Waals surface area contributed by atoms with Gasteiger partial charge in [-0.2, -0.15) is 18.3 Å². The predicted molar refractivity (Wildman–Crippen MR) is 92.1 cm³/mol. The van der Waals surface area contributed by atoms with Gasteiger partial charge in [0.1, 0.15) is 23.0 Å². The van der Waals surface area contributed by atoms with Crippen molar-refractivity contribution < 1.29 is 22.3 Å². The molecular formula is C19H20F4N2O2. The van der Waals surface area contributed by atoms with Gasteiger partial charge in [0.25, 0.3) is 0 Å². The van der Waals surface area contributed by atoms with Crippen LogP contribution < -0.4 is 10.2 Å². The molecule has 0 spiro atoms. The second-order valence-electron chi connectivity index (χ2n) is 6.84. The molecule has 0 N–H and O–H groups in total. The van der Waals surface area contributed by atoms with Crippen molar-refractivity contribution in [2.45, 2.75) is 51.3 Å². The van der Waals surface area contributed by atoms with E-state index in [-0.39, 0.29) is 17.4 Å². The minimum atomic E-state index is -4.72. The number of benzene rings is 1. The van der Waals surface area contributed by atoms with Crippen LogP contribution >= 0.6 is 0 Å². The highest BCUT2D eigenvalue weighted by molar-refractivity contribution is 5.63. The van der Waals surface area contributed by atoms with Crippen LogP contribution in [0, 0.1) is 12.7 Å². The summed E-state index contributed by atoms with van der Waals surface area (Å²) < 4.78 is 59.8. The molecule has 4 nitrogen and oxygen atoms in total. The van der Waals surface area contributed by atoms with Gasteiger partial charge in [0.15, 0.2) is 0 Å². The van der Waals surface area contributed by atoms with Gasteiger partial charge in [-0.25, -0.2) is 4.39 Å². The Morgan fingerprint density at radius 2 is 1.81 bits per heavy atom. The van der Waals surface area contributed by atoms with Gasteiger partial charge in [-0.05, 0) is 50.3 Å². The highest BCUT2D eigenvalue weighted by Crippen LogP contribution is 2.32. The highest BCUT2D eigenvalue weighted by Gasteiger charge is 2.34. The van der Waals surface area contributed by atoms with E-state index in [4.69, 9.17) is 4.74 Å². The lowest BCUT2D eigenvalue weighted by Gasteiger charge is -2.24. The molecule has 0 atom stereocenters. The summed E-state index contributed by atoms with van der Waals surface area (Å²) in [5.41, 5.74) is -2.17. The summed E-state index contributed by atoms with van der Waals surface area (Å²) in [5, 5.41) is 3.68. The van der Waals surface area contributed by atoms with E-state index in [2.05, 4.69) is 5.10 Å². The monoisotopic (exact) mass is 384 g/mol. The number of rotatable bonds is 3. The van der Waals surface area contributed by atoms with E-state index in [9.17, 15) is 22.4 Å². The van der Waals surface area contributed by atoms with Crippen molar-refractivity contribution in [1.82, 2.24) is 9.78 Å². The second kappa shape index (κ2) is 7.32. The Kier molecular flexibility index (Phi) is 5.26.